The van der Waals surface area contributed by atoms with E-state index < -0.39 is 0 Å². The minimum atomic E-state index is 0.649. The van der Waals surface area contributed by atoms with E-state index in [1.54, 1.807) is 6.07 Å². The molecule has 4 heteroatoms. The zero-order valence-electron chi connectivity index (χ0n) is 7.50. The van der Waals surface area contributed by atoms with Gasteiger partial charge in [0.2, 0.25) is 0 Å². The molecular formula is C9H10ClN3. The number of fused-ring (bicyclic) bond motifs is 1. The highest BCUT2D eigenvalue weighted by Gasteiger charge is 2.08. The maximum atomic E-state index is 6.04. The summed E-state index contributed by atoms with van der Waals surface area (Å²) < 4.78 is 1.96. The van der Waals surface area contributed by atoms with E-state index in [9.17, 15) is 0 Å². The van der Waals surface area contributed by atoms with Crippen LogP contribution in [0.5, 0.6) is 0 Å². The van der Waals surface area contributed by atoms with Gasteiger partial charge in [-0.3, -0.25) is 0 Å². The quantitative estimate of drug-likeness (QED) is 0.655. The molecule has 1 aromatic heterocycles. The van der Waals surface area contributed by atoms with Crippen LogP contribution in [-0.4, -0.2) is 9.55 Å². The van der Waals surface area contributed by atoms with Crippen molar-refractivity contribution in [3.63, 3.8) is 0 Å². The normalized spacial score (nSPS) is 11.0. The van der Waals surface area contributed by atoms with Crippen LogP contribution >= 0.6 is 11.6 Å². The summed E-state index contributed by atoms with van der Waals surface area (Å²) in [5.74, 6) is 0.933. The average Bonchev–Trinajstić information content (AvgIpc) is 2.27. The SMILES string of the molecule is Cc1nc2cc(N)cc(Cl)c2n1C. The molecule has 68 valence electrons. The number of hydrogen-bond acceptors (Lipinski definition) is 2. The summed E-state index contributed by atoms with van der Waals surface area (Å²) in [5, 5.41) is 0.651. The van der Waals surface area contributed by atoms with Gasteiger partial charge in [0, 0.05) is 12.7 Å². The van der Waals surface area contributed by atoms with E-state index in [0.29, 0.717) is 10.7 Å². The smallest absolute Gasteiger partial charge is 0.106 e. The van der Waals surface area contributed by atoms with Crippen molar-refractivity contribution in [3.8, 4) is 0 Å². The summed E-state index contributed by atoms with van der Waals surface area (Å²) in [7, 11) is 1.94. The number of benzene rings is 1. The van der Waals surface area contributed by atoms with E-state index in [1.165, 1.54) is 0 Å². The van der Waals surface area contributed by atoms with Gasteiger partial charge in [0.05, 0.1) is 16.1 Å². The molecule has 0 amide bonds. The Labute approximate surface area is 81.1 Å². The van der Waals surface area contributed by atoms with Crippen molar-refractivity contribution in [2.75, 3.05) is 5.73 Å². The Bertz CT molecular complexity index is 473. The molecule has 0 aliphatic heterocycles. The molecule has 0 fully saturated rings. The summed E-state index contributed by atoms with van der Waals surface area (Å²) >= 11 is 6.04. The number of nitrogen functional groups attached to an aromatic ring is 1. The maximum Gasteiger partial charge on any atom is 0.106 e. The number of anilines is 1. The molecule has 2 aromatic rings. The molecule has 0 bridgehead atoms. The van der Waals surface area contributed by atoms with Gasteiger partial charge < -0.3 is 10.3 Å². The fraction of sp³-hybridized carbons (Fsp3) is 0.222. The van der Waals surface area contributed by atoms with Crippen molar-refractivity contribution in [2.45, 2.75) is 6.92 Å². The zero-order valence-corrected chi connectivity index (χ0v) is 8.26. The molecule has 0 saturated carbocycles. The van der Waals surface area contributed by atoms with Gasteiger partial charge in [0.15, 0.2) is 0 Å². The number of nitrogens with zero attached hydrogens (tertiary/aromatic N) is 2. The fourth-order valence-electron chi connectivity index (χ4n) is 1.43. The Morgan fingerprint density at radius 3 is 2.85 bits per heavy atom. The van der Waals surface area contributed by atoms with E-state index in [4.69, 9.17) is 17.3 Å². The fourth-order valence-corrected chi connectivity index (χ4v) is 1.78. The van der Waals surface area contributed by atoms with E-state index in [1.807, 2.05) is 24.6 Å². The van der Waals surface area contributed by atoms with E-state index in [2.05, 4.69) is 4.98 Å². The summed E-state index contributed by atoms with van der Waals surface area (Å²) in [6, 6.07) is 3.57. The molecule has 2 rings (SSSR count). The first kappa shape index (κ1) is 8.38. The summed E-state index contributed by atoms with van der Waals surface area (Å²) in [6.45, 7) is 1.94. The van der Waals surface area contributed by atoms with Gasteiger partial charge in [-0.25, -0.2) is 4.98 Å². The molecule has 0 aliphatic carbocycles. The molecule has 0 aliphatic rings. The lowest BCUT2D eigenvalue weighted by Gasteiger charge is -1.99. The first-order chi connectivity index (χ1) is 6.09. The Hall–Kier alpha value is -1.22. The van der Waals surface area contributed by atoms with Crippen molar-refractivity contribution in [2.24, 2.45) is 7.05 Å². The maximum absolute atomic E-state index is 6.04. The van der Waals surface area contributed by atoms with E-state index in [0.717, 1.165) is 16.9 Å². The Balaban J connectivity index is 2.94. The molecular weight excluding hydrogens is 186 g/mol. The van der Waals surface area contributed by atoms with Crippen molar-refractivity contribution in [1.29, 1.82) is 0 Å². The Kier molecular flexibility index (Phi) is 1.70. The van der Waals surface area contributed by atoms with E-state index >= 15 is 0 Å². The lowest BCUT2D eigenvalue weighted by Crippen LogP contribution is -1.91. The second-order valence-corrected chi connectivity index (χ2v) is 3.50. The van der Waals surface area contributed by atoms with Crippen LogP contribution in [0.1, 0.15) is 5.82 Å². The summed E-state index contributed by atoms with van der Waals surface area (Å²) in [5.41, 5.74) is 8.09. The highest BCUT2D eigenvalue weighted by atomic mass is 35.5. The lowest BCUT2D eigenvalue weighted by atomic mass is 10.3. The molecule has 0 unspecified atom stereocenters. The van der Waals surface area contributed by atoms with Gasteiger partial charge in [0.25, 0.3) is 0 Å². The Morgan fingerprint density at radius 1 is 1.46 bits per heavy atom. The highest BCUT2D eigenvalue weighted by Crippen LogP contribution is 2.26. The first-order valence-electron chi connectivity index (χ1n) is 3.97. The molecule has 0 atom stereocenters. The van der Waals surface area contributed by atoms with Crippen LogP contribution in [0.25, 0.3) is 11.0 Å². The third kappa shape index (κ3) is 1.16. The van der Waals surface area contributed by atoms with Crippen LogP contribution in [0, 0.1) is 6.92 Å². The lowest BCUT2D eigenvalue weighted by molar-refractivity contribution is 0.886. The minimum Gasteiger partial charge on any atom is -0.399 e. The second-order valence-electron chi connectivity index (χ2n) is 3.09. The largest absolute Gasteiger partial charge is 0.399 e. The van der Waals surface area contributed by atoms with Crippen LogP contribution < -0.4 is 5.73 Å². The van der Waals surface area contributed by atoms with Gasteiger partial charge >= 0.3 is 0 Å². The van der Waals surface area contributed by atoms with Crippen LogP contribution in [0.4, 0.5) is 5.69 Å². The van der Waals surface area contributed by atoms with Gasteiger partial charge in [0.1, 0.15) is 5.82 Å². The molecule has 1 aromatic carbocycles. The topological polar surface area (TPSA) is 43.8 Å². The predicted molar refractivity (Wildman–Crippen MR) is 54.9 cm³/mol. The number of aryl methyl sites for hydroxylation is 2. The molecule has 0 saturated heterocycles. The average molecular weight is 196 g/mol. The van der Waals surface area contributed by atoms with Crippen molar-refractivity contribution >= 4 is 28.3 Å². The van der Waals surface area contributed by atoms with E-state index in [-0.39, 0.29) is 0 Å². The van der Waals surface area contributed by atoms with Gasteiger partial charge in [-0.05, 0) is 19.1 Å². The summed E-state index contributed by atoms with van der Waals surface area (Å²) in [6.07, 6.45) is 0. The monoisotopic (exact) mass is 195 g/mol. The van der Waals surface area contributed by atoms with Gasteiger partial charge in [-0.2, -0.15) is 0 Å². The van der Waals surface area contributed by atoms with Crippen molar-refractivity contribution in [3.05, 3.63) is 23.0 Å². The molecule has 2 N–H and O–H groups in total. The molecule has 1 heterocycles. The minimum absolute atomic E-state index is 0.649. The summed E-state index contributed by atoms with van der Waals surface area (Å²) in [4.78, 5) is 4.33. The molecule has 0 spiro atoms. The van der Waals surface area contributed by atoms with Crippen molar-refractivity contribution in [1.82, 2.24) is 9.55 Å². The van der Waals surface area contributed by atoms with Gasteiger partial charge in [-0.15, -0.1) is 0 Å². The van der Waals surface area contributed by atoms with Gasteiger partial charge in [-0.1, -0.05) is 11.6 Å². The van der Waals surface area contributed by atoms with Crippen LogP contribution in [0.15, 0.2) is 12.1 Å². The van der Waals surface area contributed by atoms with Crippen molar-refractivity contribution < 1.29 is 0 Å². The highest BCUT2D eigenvalue weighted by molar-refractivity contribution is 6.35. The number of rotatable bonds is 0. The number of nitrogens with two attached hydrogens (primary N) is 1. The molecule has 3 nitrogen and oxygen atoms in total. The predicted octanol–water partition coefficient (Wildman–Crippen LogP) is 2.12. The third-order valence-electron chi connectivity index (χ3n) is 2.17. The number of halogens is 1. The number of imidazole rings is 1. The van der Waals surface area contributed by atoms with Crippen LogP contribution in [0.3, 0.4) is 0 Å². The number of aromatic nitrogens is 2. The zero-order chi connectivity index (χ0) is 9.59. The number of hydrogen-bond donors (Lipinski definition) is 1. The third-order valence-corrected chi connectivity index (χ3v) is 2.46. The molecule has 13 heavy (non-hydrogen) atoms. The van der Waals surface area contributed by atoms with Crippen LogP contribution in [0.2, 0.25) is 5.02 Å². The first-order valence-corrected chi connectivity index (χ1v) is 4.35. The molecule has 0 radical (unpaired) electrons. The second kappa shape index (κ2) is 2.64. The van der Waals surface area contributed by atoms with Crippen LogP contribution in [-0.2, 0) is 7.05 Å². The standard InChI is InChI=1S/C9H10ClN3/c1-5-12-8-4-6(11)3-7(10)9(8)13(5)2/h3-4H,11H2,1-2H3. The Morgan fingerprint density at radius 2 is 2.15 bits per heavy atom.